The number of nitrogens with one attached hydrogen (secondary N) is 1. The Morgan fingerprint density at radius 2 is 2.22 bits per heavy atom. The summed E-state index contributed by atoms with van der Waals surface area (Å²) in [5, 5.41) is 3.33. The van der Waals surface area contributed by atoms with Gasteiger partial charge in [-0.25, -0.2) is 4.39 Å². The third-order valence-electron chi connectivity index (χ3n) is 4.60. The zero-order valence-corrected chi connectivity index (χ0v) is 16.8. The van der Waals surface area contributed by atoms with Gasteiger partial charge in [0.1, 0.15) is 5.82 Å². The molecule has 150 valence electrons. The van der Waals surface area contributed by atoms with Crippen LogP contribution in [0.25, 0.3) is 0 Å². The van der Waals surface area contributed by atoms with Gasteiger partial charge in [0.05, 0.1) is 12.5 Å². The van der Waals surface area contributed by atoms with E-state index in [0.29, 0.717) is 31.8 Å². The van der Waals surface area contributed by atoms with E-state index in [-0.39, 0.29) is 17.7 Å². The number of rotatable bonds is 6. The van der Waals surface area contributed by atoms with E-state index in [2.05, 4.69) is 15.2 Å². The van der Waals surface area contributed by atoms with Crippen LogP contribution in [0.4, 0.5) is 4.39 Å². The number of piperidine rings is 1. The van der Waals surface area contributed by atoms with E-state index in [4.69, 9.17) is 4.74 Å². The van der Waals surface area contributed by atoms with Gasteiger partial charge in [0, 0.05) is 38.8 Å². The smallest absolute Gasteiger partial charge is 0.310 e. The standard InChI is InChI=1S/C20H31FN4O2/c1-5-27-19(26)16-7-6-10-25(14-16)20(22-2)23-12-15-8-9-18(21)17(11-15)13-24(3)4/h8-9,11,16H,5-7,10,12-14H2,1-4H3,(H,22,23). The second kappa shape index (κ2) is 10.3. The summed E-state index contributed by atoms with van der Waals surface area (Å²) in [6.45, 7) is 4.79. The topological polar surface area (TPSA) is 57.2 Å². The number of hydrogen-bond donors (Lipinski definition) is 1. The molecule has 1 fully saturated rings. The average molecular weight is 378 g/mol. The number of likely N-dealkylation sites (tertiary alicyclic amines) is 1. The molecule has 1 heterocycles. The van der Waals surface area contributed by atoms with Gasteiger partial charge in [0.25, 0.3) is 0 Å². The Morgan fingerprint density at radius 3 is 2.89 bits per heavy atom. The Balaban J connectivity index is 1.98. The number of esters is 1. The molecule has 0 saturated carbocycles. The van der Waals surface area contributed by atoms with Crippen LogP contribution in [-0.4, -0.2) is 62.6 Å². The van der Waals surface area contributed by atoms with E-state index >= 15 is 0 Å². The lowest BCUT2D eigenvalue weighted by molar-refractivity contribution is -0.149. The van der Waals surface area contributed by atoms with E-state index < -0.39 is 0 Å². The largest absolute Gasteiger partial charge is 0.466 e. The Hall–Kier alpha value is -2.15. The highest BCUT2D eigenvalue weighted by molar-refractivity contribution is 5.81. The van der Waals surface area contributed by atoms with E-state index in [9.17, 15) is 9.18 Å². The molecule has 0 aliphatic carbocycles. The highest BCUT2D eigenvalue weighted by Gasteiger charge is 2.28. The minimum Gasteiger partial charge on any atom is -0.466 e. The number of hydrogen-bond acceptors (Lipinski definition) is 4. The van der Waals surface area contributed by atoms with Gasteiger partial charge < -0.3 is 19.9 Å². The average Bonchev–Trinajstić information content (AvgIpc) is 2.65. The number of guanidine groups is 1. The van der Waals surface area contributed by atoms with Gasteiger partial charge in [-0.15, -0.1) is 0 Å². The van der Waals surface area contributed by atoms with Gasteiger partial charge in [-0.1, -0.05) is 6.07 Å². The molecule has 1 N–H and O–H groups in total. The lowest BCUT2D eigenvalue weighted by atomic mass is 9.98. The normalized spacial score (nSPS) is 17.9. The number of nitrogens with zero attached hydrogens (tertiary/aromatic N) is 3. The molecule has 1 aromatic rings. The van der Waals surface area contributed by atoms with Crippen LogP contribution in [0, 0.1) is 11.7 Å². The first-order valence-corrected chi connectivity index (χ1v) is 9.48. The summed E-state index contributed by atoms with van der Waals surface area (Å²) in [5.74, 6) is 0.312. The molecule has 1 saturated heterocycles. The zero-order chi connectivity index (χ0) is 19.8. The van der Waals surface area contributed by atoms with Gasteiger partial charge in [-0.2, -0.15) is 0 Å². The molecule has 1 aliphatic rings. The predicted molar refractivity (Wildman–Crippen MR) is 105 cm³/mol. The molecule has 27 heavy (non-hydrogen) atoms. The molecule has 0 bridgehead atoms. The van der Waals surface area contributed by atoms with Crippen molar-refractivity contribution in [3.05, 3.63) is 35.1 Å². The van der Waals surface area contributed by atoms with Crippen LogP contribution in [0.2, 0.25) is 0 Å². The molecule has 1 unspecified atom stereocenters. The first kappa shape index (κ1) is 21.2. The maximum absolute atomic E-state index is 13.9. The molecule has 6 nitrogen and oxygen atoms in total. The van der Waals surface area contributed by atoms with E-state index in [0.717, 1.165) is 30.9 Å². The third-order valence-corrected chi connectivity index (χ3v) is 4.60. The van der Waals surface area contributed by atoms with Crippen molar-refractivity contribution < 1.29 is 13.9 Å². The first-order chi connectivity index (χ1) is 12.9. The maximum atomic E-state index is 13.9. The quantitative estimate of drug-likeness (QED) is 0.467. The van der Waals surface area contributed by atoms with Crippen molar-refractivity contribution in [3.63, 3.8) is 0 Å². The van der Waals surface area contributed by atoms with Crippen LogP contribution in [-0.2, 0) is 22.6 Å². The van der Waals surface area contributed by atoms with Gasteiger partial charge in [0.2, 0.25) is 0 Å². The van der Waals surface area contributed by atoms with Gasteiger partial charge in [0.15, 0.2) is 5.96 Å². The monoisotopic (exact) mass is 378 g/mol. The molecule has 0 amide bonds. The molecule has 0 spiro atoms. The summed E-state index contributed by atoms with van der Waals surface area (Å²) in [7, 11) is 5.57. The summed E-state index contributed by atoms with van der Waals surface area (Å²) in [6.07, 6.45) is 1.77. The van der Waals surface area contributed by atoms with E-state index in [1.54, 1.807) is 13.1 Å². The van der Waals surface area contributed by atoms with Crippen LogP contribution in [0.1, 0.15) is 30.9 Å². The van der Waals surface area contributed by atoms with Crippen LogP contribution < -0.4 is 5.32 Å². The van der Waals surface area contributed by atoms with Crippen LogP contribution in [0.3, 0.4) is 0 Å². The minimum absolute atomic E-state index is 0.116. The van der Waals surface area contributed by atoms with Crippen molar-refractivity contribution in [1.29, 1.82) is 0 Å². The zero-order valence-electron chi connectivity index (χ0n) is 16.8. The minimum atomic E-state index is -0.190. The lowest BCUT2D eigenvalue weighted by Gasteiger charge is -2.34. The second-order valence-electron chi connectivity index (χ2n) is 7.10. The van der Waals surface area contributed by atoms with Crippen molar-refractivity contribution in [1.82, 2.24) is 15.1 Å². The Morgan fingerprint density at radius 1 is 1.44 bits per heavy atom. The van der Waals surface area contributed by atoms with Crippen molar-refractivity contribution in [2.45, 2.75) is 32.9 Å². The highest BCUT2D eigenvalue weighted by Crippen LogP contribution is 2.18. The lowest BCUT2D eigenvalue weighted by Crippen LogP contribution is -2.48. The summed E-state index contributed by atoms with van der Waals surface area (Å²) < 4.78 is 19.1. The van der Waals surface area contributed by atoms with Crippen molar-refractivity contribution in [2.75, 3.05) is 40.8 Å². The Labute approximate surface area is 161 Å². The molecule has 0 aromatic heterocycles. The fourth-order valence-corrected chi connectivity index (χ4v) is 3.34. The predicted octanol–water partition coefficient (Wildman–Crippen LogP) is 2.24. The molecular formula is C20H31FN4O2. The fourth-order valence-electron chi connectivity index (χ4n) is 3.34. The Bertz CT molecular complexity index is 663. The highest BCUT2D eigenvalue weighted by atomic mass is 19.1. The van der Waals surface area contributed by atoms with E-state index in [1.807, 2.05) is 32.0 Å². The van der Waals surface area contributed by atoms with Gasteiger partial charge in [-0.3, -0.25) is 9.79 Å². The summed E-state index contributed by atoms with van der Waals surface area (Å²) >= 11 is 0. The fraction of sp³-hybridized carbons (Fsp3) is 0.600. The first-order valence-electron chi connectivity index (χ1n) is 9.48. The summed E-state index contributed by atoms with van der Waals surface area (Å²) in [6, 6.07) is 5.18. The summed E-state index contributed by atoms with van der Waals surface area (Å²) in [4.78, 5) is 20.4. The maximum Gasteiger partial charge on any atom is 0.310 e. The van der Waals surface area contributed by atoms with Crippen LogP contribution >= 0.6 is 0 Å². The number of aliphatic imine (C=N–C) groups is 1. The third kappa shape index (κ3) is 6.20. The van der Waals surface area contributed by atoms with Crippen molar-refractivity contribution in [2.24, 2.45) is 10.9 Å². The number of ether oxygens (including phenoxy) is 1. The molecule has 2 rings (SSSR count). The Kier molecular flexibility index (Phi) is 8.03. The van der Waals surface area contributed by atoms with Crippen molar-refractivity contribution >= 4 is 11.9 Å². The number of carbonyl (C=O) groups excluding carboxylic acids is 1. The number of benzene rings is 1. The molecule has 7 heteroatoms. The van der Waals surface area contributed by atoms with Gasteiger partial charge in [-0.05, 0) is 51.6 Å². The molecule has 0 radical (unpaired) electrons. The number of halogens is 1. The number of carbonyl (C=O) groups is 1. The van der Waals surface area contributed by atoms with Crippen molar-refractivity contribution in [3.8, 4) is 0 Å². The van der Waals surface area contributed by atoms with Crippen LogP contribution in [0.5, 0.6) is 0 Å². The molecule has 1 atom stereocenters. The van der Waals surface area contributed by atoms with E-state index in [1.165, 1.54) is 6.07 Å². The second-order valence-corrected chi connectivity index (χ2v) is 7.10. The van der Waals surface area contributed by atoms with Crippen LogP contribution in [0.15, 0.2) is 23.2 Å². The molecule has 1 aromatic carbocycles. The SMILES string of the molecule is CCOC(=O)C1CCCN(C(=NC)NCc2ccc(F)c(CN(C)C)c2)C1. The molecule has 1 aliphatic heterocycles. The molecular weight excluding hydrogens is 347 g/mol. The summed E-state index contributed by atoms with van der Waals surface area (Å²) in [5.41, 5.74) is 1.67. The van der Waals surface area contributed by atoms with Gasteiger partial charge >= 0.3 is 5.97 Å².